The number of benzene rings is 1. The van der Waals surface area contributed by atoms with E-state index in [-0.39, 0.29) is 18.3 Å². The molecule has 0 fully saturated rings. The summed E-state index contributed by atoms with van der Waals surface area (Å²) in [5.41, 5.74) is 1.84. The van der Waals surface area contributed by atoms with Gasteiger partial charge in [0.1, 0.15) is 5.82 Å². The molecule has 0 aliphatic carbocycles. The summed E-state index contributed by atoms with van der Waals surface area (Å²) in [6.07, 6.45) is 7.04. The molecule has 7 nitrogen and oxygen atoms in total. The maximum Gasteiger partial charge on any atom is 0.253 e. The number of hydrogen-bond acceptors (Lipinski definition) is 5. The third-order valence-electron chi connectivity index (χ3n) is 5.70. The number of anilines is 1. The van der Waals surface area contributed by atoms with Crippen molar-refractivity contribution in [3.8, 4) is 11.3 Å². The lowest BCUT2D eigenvalue weighted by molar-refractivity contribution is -0.115. The average Bonchev–Trinajstić information content (AvgIpc) is 3.57. The van der Waals surface area contributed by atoms with E-state index in [1.54, 1.807) is 60.9 Å². The zero-order valence-electron chi connectivity index (χ0n) is 22.3. The minimum atomic E-state index is -0.407. The third kappa shape index (κ3) is 10.1. The Hall–Kier alpha value is -2.98. The Morgan fingerprint density at radius 3 is 2.70 bits per heavy atom. The summed E-state index contributed by atoms with van der Waals surface area (Å²) < 4.78 is 21.3. The molecule has 3 rings (SSSR count). The van der Waals surface area contributed by atoms with Crippen LogP contribution in [0.5, 0.6) is 0 Å². The zero-order valence-corrected chi connectivity index (χ0v) is 23.2. The summed E-state index contributed by atoms with van der Waals surface area (Å²) >= 11 is 1.19. The van der Waals surface area contributed by atoms with Crippen molar-refractivity contribution in [3.63, 3.8) is 0 Å². The monoisotopic (exact) mass is 527 g/mol. The van der Waals surface area contributed by atoms with Crippen molar-refractivity contribution in [3.05, 3.63) is 59.0 Å². The number of carbonyl (C=O) groups is 2. The molecule has 1 atom stereocenters. The van der Waals surface area contributed by atoms with Gasteiger partial charge in [0.2, 0.25) is 13.3 Å². The lowest BCUT2D eigenvalue weighted by atomic mass is 10.0. The van der Waals surface area contributed by atoms with Crippen LogP contribution in [0.2, 0.25) is 6.82 Å². The van der Waals surface area contributed by atoms with Crippen LogP contribution >= 0.6 is 11.3 Å². The van der Waals surface area contributed by atoms with Gasteiger partial charge in [-0.2, -0.15) is 0 Å². The largest absolute Gasteiger partial charge is 0.402 e. The van der Waals surface area contributed by atoms with Crippen LogP contribution in [0.4, 0.5) is 9.52 Å². The normalized spacial score (nSPS) is 11.3. The summed E-state index contributed by atoms with van der Waals surface area (Å²) in [7, 11) is 1.81. The standard InChI is InChI=1S/C18H17BFN4O2S.C9H20O/c1-11-4-3-5-13(16(11)20)14-10-27-18(22-14)23-15(25)8-21-17(26)12-6-7-24(9-12)19-2;1-4-7-10-8-6-9(3)5-2/h3-7,9-10H,8H2,1-2H3,(H,21,26)(H,22,23,25);9H,4-8H2,1-3H3. The quantitative estimate of drug-likeness (QED) is 0.231. The number of rotatable bonds is 12. The van der Waals surface area contributed by atoms with Gasteiger partial charge in [0.05, 0.1) is 17.8 Å². The molecule has 0 aliphatic heterocycles. The molecule has 10 heteroatoms. The molecule has 1 aromatic carbocycles. The predicted octanol–water partition coefficient (Wildman–Crippen LogP) is 5.79. The van der Waals surface area contributed by atoms with Gasteiger partial charge >= 0.3 is 0 Å². The van der Waals surface area contributed by atoms with Crippen LogP contribution in [-0.2, 0) is 9.53 Å². The first-order chi connectivity index (χ1) is 17.8. The number of nitrogens with one attached hydrogen (secondary N) is 2. The average molecular weight is 527 g/mol. The second kappa shape index (κ2) is 16.0. The highest BCUT2D eigenvalue weighted by Crippen LogP contribution is 2.28. The molecule has 2 amide bonds. The maximum absolute atomic E-state index is 14.2. The van der Waals surface area contributed by atoms with E-state index in [0.717, 1.165) is 25.6 Å². The fourth-order valence-electron chi connectivity index (χ4n) is 3.17. The molecule has 1 radical (unpaired) electrons. The smallest absolute Gasteiger partial charge is 0.253 e. The number of aromatic nitrogens is 2. The summed E-state index contributed by atoms with van der Waals surface area (Å²) in [6, 6.07) is 6.74. The topological polar surface area (TPSA) is 85.2 Å². The number of halogens is 1. The molecule has 1 unspecified atom stereocenters. The predicted molar refractivity (Wildman–Crippen MR) is 150 cm³/mol. The van der Waals surface area contributed by atoms with E-state index in [4.69, 9.17) is 4.74 Å². The Bertz CT molecular complexity index is 1130. The first kappa shape index (κ1) is 30.3. The molecule has 0 spiro atoms. The van der Waals surface area contributed by atoms with Crippen LogP contribution in [0.25, 0.3) is 11.3 Å². The van der Waals surface area contributed by atoms with Crippen molar-refractivity contribution in [2.24, 2.45) is 5.92 Å². The van der Waals surface area contributed by atoms with Crippen molar-refractivity contribution >= 4 is 35.7 Å². The van der Waals surface area contributed by atoms with Crippen LogP contribution in [0.1, 0.15) is 56.0 Å². The van der Waals surface area contributed by atoms with E-state index in [1.165, 1.54) is 24.2 Å². The summed E-state index contributed by atoms with van der Waals surface area (Å²) in [5.74, 6) is -0.246. The minimum Gasteiger partial charge on any atom is -0.402 e. The molecule has 2 N–H and O–H groups in total. The molecule has 199 valence electrons. The summed E-state index contributed by atoms with van der Waals surface area (Å²) in [6.45, 7) is 11.9. The molecular formula is C27H37BFN4O3S. The molecule has 0 saturated heterocycles. The molecule has 2 heterocycles. The Morgan fingerprint density at radius 1 is 1.24 bits per heavy atom. The van der Waals surface area contributed by atoms with Gasteiger partial charge in [-0.3, -0.25) is 9.59 Å². The fourth-order valence-corrected chi connectivity index (χ4v) is 3.90. The number of aryl methyl sites for hydroxylation is 1. The molecule has 2 aromatic heterocycles. The van der Waals surface area contributed by atoms with Crippen LogP contribution in [0, 0.1) is 18.7 Å². The first-order valence-corrected chi connectivity index (χ1v) is 13.5. The van der Waals surface area contributed by atoms with E-state index >= 15 is 0 Å². The Morgan fingerprint density at radius 2 is 2.03 bits per heavy atom. The number of amides is 2. The highest BCUT2D eigenvalue weighted by molar-refractivity contribution is 7.14. The Labute approximate surface area is 224 Å². The van der Waals surface area contributed by atoms with Crippen LogP contribution in [0.15, 0.2) is 42.0 Å². The summed E-state index contributed by atoms with van der Waals surface area (Å²) in [4.78, 5) is 28.3. The number of hydrogen-bond donors (Lipinski definition) is 2. The number of nitrogens with zero attached hydrogens (tertiary/aromatic N) is 2. The van der Waals surface area contributed by atoms with E-state index in [1.807, 2.05) is 6.82 Å². The van der Waals surface area contributed by atoms with Gasteiger partial charge in [0.15, 0.2) is 5.13 Å². The van der Waals surface area contributed by atoms with Gasteiger partial charge in [-0.15, -0.1) is 11.3 Å². The number of carbonyl (C=O) groups excluding carboxylic acids is 2. The van der Waals surface area contributed by atoms with Gasteiger partial charge < -0.3 is 19.8 Å². The SMILES string of the molecule is CCCOCCC(C)CC.C[B]n1ccc(C(=O)NCC(=O)Nc2nc(-c3cccc(C)c3F)cs2)c1. The lowest BCUT2D eigenvalue weighted by Gasteiger charge is -2.07. The second-order valence-corrected chi connectivity index (χ2v) is 9.58. The minimum absolute atomic E-state index is 0.187. The first-order valence-electron chi connectivity index (χ1n) is 12.6. The van der Waals surface area contributed by atoms with Crippen LogP contribution < -0.4 is 10.6 Å². The van der Waals surface area contributed by atoms with E-state index in [9.17, 15) is 14.0 Å². The van der Waals surface area contributed by atoms with Crippen LogP contribution in [0.3, 0.4) is 0 Å². The van der Waals surface area contributed by atoms with E-state index in [2.05, 4.69) is 36.4 Å². The van der Waals surface area contributed by atoms with Crippen molar-refractivity contribution in [1.82, 2.24) is 14.8 Å². The zero-order chi connectivity index (χ0) is 27.2. The van der Waals surface area contributed by atoms with Crippen molar-refractivity contribution in [2.75, 3.05) is 25.1 Å². The molecule has 0 aliphatic rings. The van der Waals surface area contributed by atoms with Gasteiger partial charge in [-0.05, 0) is 49.6 Å². The highest BCUT2D eigenvalue weighted by atomic mass is 32.1. The Balaban J connectivity index is 0.000000410. The lowest BCUT2D eigenvalue weighted by Crippen LogP contribution is -2.32. The molecule has 3 aromatic rings. The third-order valence-corrected chi connectivity index (χ3v) is 6.46. The number of ether oxygens (including phenoxy) is 1. The molecule has 37 heavy (non-hydrogen) atoms. The highest BCUT2D eigenvalue weighted by Gasteiger charge is 2.14. The van der Waals surface area contributed by atoms with Crippen LogP contribution in [-0.4, -0.2) is 48.4 Å². The molecule has 0 bridgehead atoms. The van der Waals surface area contributed by atoms with Crippen molar-refractivity contribution < 1.29 is 18.7 Å². The van der Waals surface area contributed by atoms with Gasteiger partial charge in [0.25, 0.3) is 5.91 Å². The fraction of sp³-hybridized carbons (Fsp3) is 0.444. The second-order valence-electron chi connectivity index (χ2n) is 8.73. The Kier molecular flexibility index (Phi) is 13.1. The van der Waals surface area contributed by atoms with Gasteiger partial charge in [-0.1, -0.05) is 46.1 Å². The molecular weight excluding hydrogens is 490 g/mol. The van der Waals surface area contributed by atoms with E-state index < -0.39 is 5.91 Å². The maximum atomic E-state index is 14.2. The van der Waals surface area contributed by atoms with Gasteiger partial charge in [0, 0.05) is 30.4 Å². The van der Waals surface area contributed by atoms with E-state index in [0.29, 0.717) is 27.5 Å². The number of thiazole rings is 1. The molecule has 0 saturated carbocycles. The van der Waals surface area contributed by atoms with Crippen molar-refractivity contribution in [1.29, 1.82) is 0 Å². The summed E-state index contributed by atoms with van der Waals surface area (Å²) in [5, 5.41) is 7.18. The van der Waals surface area contributed by atoms with Crippen molar-refractivity contribution in [2.45, 2.75) is 53.8 Å². The van der Waals surface area contributed by atoms with Gasteiger partial charge in [-0.25, -0.2) is 9.37 Å².